The summed E-state index contributed by atoms with van der Waals surface area (Å²) in [6.07, 6.45) is 0. The quantitative estimate of drug-likeness (QED) is 0.862. The van der Waals surface area contributed by atoms with E-state index in [1.54, 1.807) is 18.2 Å². The topological polar surface area (TPSA) is 37.3 Å². The number of carbonyl (C=O) groups excluding carboxylic acids is 1. The summed E-state index contributed by atoms with van der Waals surface area (Å²) in [5.41, 5.74) is 1.45. The molecule has 0 amide bonds. The van der Waals surface area contributed by atoms with Gasteiger partial charge in [-0.3, -0.25) is 4.79 Å². The van der Waals surface area contributed by atoms with Gasteiger partial charge in [0.25, 0.3) is 0 Å². The van der Waals surface area contributed by atoms with Gasteiger partial charge < -0.3 is 5.11 Å². The molecule has 4 heteroatoms. The van der Waals surface area contributed by atoms with Crippen molar-refractivity contribution in [2.45, 2.75) is 17.6 Å². The number of halogens is 2. The van der Waals surface area contributed by atoms with Gasteiger partial charge in [-0.15, -0.1) is 11.6 Å². The summed E-state index contributed by atoms with van der Waals surface area (Å²) in [6.45, 7) is 1.51. The molecule has 1 rings (SSSR count). The Morgan fingerprint density at radius 1 is 1.64 bits per heavy atom. The summed E-state index contributed by atoms with van der Waals surface area (Å²) in [4.78, 5) is 10.8. The zero-order valence-corrected chi connectivity index (χ0v) is 9.97. The Labute approximate surface area is 96.0 Å². The second-order valence-corrected chi connectivity index (χ2v) is 4.18. The molecule has 0 heterocycles. The van der Waals surface area contributed by atoms with E-state index in [1.807, 2.05) is 0 Å². The van der Waals surface area contributed by atoms with Gasteiger partial charge in [0.1, 0.15) is 11.5 Å². The molecule has 1 aromatic rings. The van der Waals surface area contributed by atoms with Crippen molar-refractivity contribution in [1.82, 2.24) is 0 Å². The van der Waals surface area contributed by atoms with Gasteiger partial charge in [0.05, 0.1) is 10.7 Å². The van der Waals surface area contributed by atoms with E-state index < -0.39 is 0 Å². The van der Waals surface area contributed by atoms with Gasteiger partial charge in [0.15, 0.2) is 0 Å². The van der Waals surface area contributed by atoms with Crippen molar-refractivity contribution in [2.75, 3.05) is 0 Å². The number of alkyl halides is 2. The Balaban J connectivity index is 3.06. The molecule has 0 bridgehead atoms. The summed E-state index contributed by atoms with van der Waals surface area (Å²) in [7, 11) is 0. The van der Waals surface area contributed by atoms with E-state index >= 15 is 0 Å². The highest BCUT2D eigenvalue weighted by Gasteiger charge is 2.13. The Morgan fingerprint density at radius 3 is 2.79 bits per heavy atom. The molecule has 76 valence electrons. The van der Waals surface area contributed by atoms with Crippen molar-refractivity contribution in [3.63, 3.8) is 0 Å². The van der Waals surface area contributed by atoms with Crippen LogP contribution in [0.4, 0.5) is 0 Å². The summed E-state index contributed by atoms with van der Waals surface area (Å²) >= 11 is 8.89. The highest BCUT2D eigenvalue weighted by Crippen LogP contribution is 2.28. The minimum atomic E-state index is -0.329. The predicted molar refractivity (Wildman–Crippen MR) is 60.0 cm³/mol. The molecular weight excluding hydrogens is 267 g/mol. The van der Waals surface area contributed by atoms with Gasteiger partial charge in [-0.05, 0) is 24.6 Å². The van der Waals surface area contributed by atoms with E-state index in [1.165, 1.54) is 6.92 Å². The molecule has 1 unspecified atom stereocenters. The number of phenols is 1. The first kappa shape index (κ1) is 11.5. The third-order valence-electron chi connectivity index (χ3n) is 1.90. The molecule has 1 N–H and O–H groups in total. The van der Waals surface area contributed by atoms with Gasteiger partial charge in [0, 0.05) is 5.56 Å². The van der Waals surface area contributed by atoms with Crippen LogP contribution in [-0.4, -0.2) is 10.9 Å². The van der Waals surface area contributed by atoms with Crippen molar-refractivity contribution in [3.05, 3.63) is 29.3 Å². The Hall–Kier alpha value is -0.540. The Bertz CT molecular complexity index is 352. The average Bonchev–Trinajstić information content (AvgIpc) is 2.17. The zero-order chi connectivity index (χ0) is 10.7. The maximum Gasteiger partial charge on any atom is 0.147 e. The number of carbonyl (C=O) groups is 1. The molecule has 14 heavy (non-hydrogen) atoms. The second kappa shape index (κ2) is 4.80. The van der Waals surface area contributed by atoms with E-state index in [9.17, 15) is 9.90 Å². The van der Waals surface area contributed by atoms with E-state index in [0.29, 0.717) is 5.56 Å². The van der Waals surface area contributed by atoms with E-state index in [0.717, 1.165) is 5.56 Å². The molecule has 0 aliphatic carbocycles. The van der Waals surface area contributed by atoms with Crippen LogP contribution in [0.3, 0.4) is 0 Å². The fraction of sp³-hybridized carbons (Fsp3) is 0.300. The molecule has 1 atom stereocenters. The molecule has 0 saturated carbocycles. The normalized spacial score (nSPS) is 12.5. The molecule has 0 aromatic heterocycles. The van der Waals surface area contributed by atoms with Crippen LogP contribution < -0.4 is 0 Å². The molecule has 0 aliphatic rings. The molecule has 0 fully saturated rings. The molecule has 2 nitrogen and oxygen atoms in total. The Kier molecular flexibility index (Phi) is 3.96. The predicted octanol–water partition coefficient (Wildman–Crippen LogP) is 3.16. The fourth-order valence-electron chi connectivity index (χ4n) is 1.10. The molecule has 0 radical (unpaired) electrons. The maximum atomic E-state index is 11.1. The van der Waals surface area contributed by atoms with Crippen LogP contribution in [0.1, 0.15) is 22.9 Å². The first-order valence-corrected chi connectivity index (χ1v) is 5.53. The van der Waals surface area contributed by atoms with Crippen molar-refractivity contribution in [2.24, 2.45) is 0 Å². The van der Waals surface area contributed by atoms with Gasteiger partial charge in [-0.1, -0.05) is 22.0 Å². The lowest BCUT2D eigenvalue weighted by molar-refractivity contribution is -0.116. The SMILES string of the molecule is CC(=O)C(Br)c1ccc(O)c(CCl)c1. The minimum Gasteiger partial charge on any atom is -0.508 e. The summed E-state index contributed by atoms with van der Waals surface area (Å²) in [5, 5.41) is 9.37. The van der Waals surface area contributed by atoms with E-state index in [-0.39, 0.29) is 22.2 Å². The smallest absolute Gasteiger partial charge is 0.147 e. The fourth-order valence-corrected chi connectivity index (χ4v) is 1.60. The van der Waals surface area contributed by atoms with Gasteiger partial charge in [-0.25, -0.2) is 0 Å². The molecule has 0 spiro atoms. The number of hydrogen-bond donors (Lipinski definition) is 1. The summed E-state index contributed by atoms with van der Waals surface area (Å²) < 4.78 is 0. The molecule has 1 aromatic carbocycles. The van der Waals surface area contributed by atoms with E-state index in [2.05, 4.69) is 15.9 Å². The first-order chi connectivity index (χ1) is 6.56. The van der Waals surface area contributed by atoms with Crippen LogP contribution in [0.2, 0.25) is 0 Å². The van der Waals surface area contributed by atoms with Crippen LogP contribution in [0.25, 0.3) is 0 Å². The van der Waals surface area contributed by atoms with Crippen LogP contribution >= 0.6 is 27.5 Å². The first-order valence-electron chi connectivity index (χ1n) is 4.08. The standard InChI is InChI=1S/C10H10BrClO2/c1-6(13)10(11)7-2-3-9(14)8(4-7)5-12/h2-4,10,14H,5H2,1H3. The number of ketones is 1. The van der Waals surface area contributed by atoms with Crippen molar-refractivity contribution < 1.29 is 9.90 Å². The largest absolute Gasteiger partial charge is 0.508 e. The van der Waals surface area contributed by atoms with Crippen LogP contribution in [0, 0.1) is 0 Å². The lowest BCUT2D eigenvalue weighted by Crippen LogP contribution is -2.01. The summed E-state index contributed by atoms with van der Waals surface area (Å²) in [5.74, 6) is 0.417. The zero-order valence-electron chi connectivity index (χ0n) is 7.63. The van der Waals surface area contributed by atoms with Gasteiger partial charge in [0.2, 0.25) is 0 Å². The number of aromatic hydroxyl groups is 1. The Morgan fingerprint density at radius 2 is 2.29 bits per heavy atom. The molecule has 0 saturated heterocycles. The lowest BCUT2D eigenvalue weighted by Gasteiger charge is -2.08. The van der Waals surface area contributed by atoms with E-state index in [4.69, 9.17) is 11.6 Å². The minimum absolute atomic E-state index is 0.0243. The van der Waals surface area contributed by atoms with Crippen LogP contribution in [0.5, 0.6) is 5.75 Å². The third-order valence-corrected chi connectivity index (χ3v) is 3.36. The second-order valence-electron chi connectivity index (χ2n) is 2.99. The monoisotopic (exact) mass is 276 g/mol. The number of hydrogen-bond acceptors (Lipinski definition) is 2. The highest BCUT2D eigenvalue weighted by molar-refractivity contribution is 9.09. The number of benzene rings is 1. The number of Topliss-reactive ketones (excluding diaryl/α,β-unsaturated/α-hetero) is 1. The number of rotatable bonds is 3. The van der Waals surface area contributed by atoms with Crippen molar-refractivity contribution >= 4 is 33.3 Å². The maximum absolute atomic E-state index is 11.1. The van der Waals surface area contributed by atoms with Crippen molar-refractivity contribution in [1.29, 1.82) is 0 Å². The highest BCUT2D eigenvalue weighted by atomic mass is 79.9. The molecular formula is C10H10BrClO2. The lowest BCUT2D eigenvalue weighted by atomic mass is 10.1. The average molecular weight is 278 g/mol. The molecule has 0 aliphatic heterocycles. The van der Waals surface area contributed by atoms with Crippen LogP contribution in [0.15, 0.2) is 18.2 Å². The van der Waals surface area contributed by atoms with Gasteiger partial charge >= 0.3 is 0 Å². The van der Waals surface area contributed by atoms with Gasteiger partial charge in [-0.2, -0.15) is 0 Å². The van der Waals surface area contributed by atoms with Crippen molar-refractivity contribution in [3.8, 4) is 5.75 Å². The van der Waals surface area contributed by atoms with Crippen LogP contribution in [-0.2, 0) is 10.7 Å². The summed E-state index contributed by atoms with van der Waals surface area (Å²) in [6, 6.07) is 4.97. The number of phenolic OH excluding ortho intramolecular Hbond substituents is 1. The third kappa shape index (κ3) is 2.49.